The molecule has 1 aliphatic heterocycles. The second kappa shape index (κ2) is 6.84. The molecule has 1 amide bonds. The van der Waals surface area contributed by atoms with Crippen molar-refractivity contribution in [1.82, 2.24) is 10.2 Å². The number of likely N-dealkylation sites (tertiary alicyclic amines) is 1. The fourth-order valence-corrected chi connectivity index (χ4v) is 2.51. The summed E-state index contributed by atoms with van der Waals surface area (Å²) in [6.45, 7) is 6.47. The maximum atomic E-state index is 13.2. The lowest BCUT2D eigenvalue weighted by atomic mass is 10.1. The second-order valence-corrected chi connectivity index (χ2v) is 5.63. The Morgan fingerprint density at radius 1 is 1.45 bits per heavy atom. The van der Waals surface area contributed by atoms with Crippen LogP contribution < -0.4 is 5.32 Å². The molecule has 1 N–H and O–H groups in total. The van der Waals surface area contributed by atoms with Gasteiger partial charge in [-0.15, -0.1) is 0 Å². The molecule has 1 heterocycles. The number of hydrogen-bond acceptors (Lipinski definition) is 2. The molecular weight excluding hydrogens is 255 g/mol. The maximum absolute atomic E-state index is 13.2. The Bertz CT molecular complexity index is 476. The first-order valence-electron chi connectivity index (χ1n) is 7.32. The molecule has 0 radical (unpaired) electrons. The Morgan fingerprint density at radius 2 is 2.25 bits per heavy atom. The van der Waals surface area contributed by atoms with Gasteiger partial charge < -0.3 is 10.2 Å². The van der Waals surface area contributed by atoms with E-state index in [1.54, 1.807) is 12.1 Å². The molecule has 1 aromatic carbocycles. The molecule has 0 saturated carbocycles. The third-order valence-corrected chi connectivity index (χ3v) is 3.96. The lowest BCUT2D eigenvalue weighted by Gasteiger charge is -2.20. The fraction of sp³-hybridized carbons (Fsp3) is 0.562. The van der Waals surface area contributed by atoms with Crippen molar-refractivity contribution < 1.29 is 9.18 Å². The van der Waals surface area contributed by atoms with Gasteiger partial charge in [0.15, 0.2) is 0 Å². The van der Waals surface area contributed by atoms with Gasteiger partial charge in [-0.3, -0.25) is 4.79 Å². The summed E-state index contributed by atoms with van der Waals surface area (Å²) < 4.78 is 13.2. The normalized spacial score (nSPS) is 16.8. The van der Waals surface area contributed by atoms with Gasteiger partial charge in [-0.25, -0.2) is 4.39 Å². The van der Waals surface area contributed by atoms with Crippen LogP contribution in [-0.2, 0) is 11.3 Å². The Morgan fingerprint density at radius 3 is 2.95 bits per heavy atom. The number of aryl methyl sites for hydroxylation is 1. The zero-order valence-electron chi connectivity index (χ0n) is 12.3. The molecule has 0 aromatic heterocycles. The van der Waals surface area contributed by atoms with E-state index in [9.17, 15) is 9.18 Å². The molecule has 1 aliphatic rings. The molecular formula is C16H23FN2O. The van der Waals surface area contributed by atoms with Crippen LogP contribution in [0.25, 0.3) is 0 Å². The molecule has 3 nitrogen and oxygen atoms in total. The highest BCUT2D eigenvalue weighted by Gasteiger charge is 2.19. The van der Waals surface area contributed by atoms with Crippen molar-refractivity contribution in [3.05, 3.63) is 35.1 Å². The standard InChI is InChI=1S/C16H23FN2O/c1-12-5-6-15(17)10-14(12)11-18-13(2)7-9-19-8-3-4-16(19)20/h5-6,10,13,18H,3-4,7-9,11H2,1-2H3. The average molecular weight is 278 g/mol. The summed E-state index contributed by atoms with van der Waals surface area (Å²) in [6.07, 6.45) is 2.62. The van der Waals surface area contributed by atoms with Gasteiger partial charge in [0.1, 0.15) is 5.82 Å². The van der Waals surface area contributed by atoms with Gasteiger partial charge in [0.2, 0.25) is 5.91 Å². The Kier molecular flexibility index (Phi) is 5.12. The predicted molar refractivity (Wildman–Crippen MR) is 77.9 cm³/mol. The van der Waals surface area contributed by atoms with E-state index in [0.717, 1.165) is 37.1 Å². The number of nitrogens with one attached hydrogen (secondary N) is 1. The van der Waals surface area contributed by atoms with E-state index in [2.05, 4.69) is 12.2 Å². The SMILES string of the molecule is Cc1ccc(F)cc1CNC(C)CCN1CCCC1=O. The molecule has 2 rings (SSSR count). The highest BCUT2D eigenvalue weighted by molar-refractivity contribution is 5.77. The summed E-state index contributed by atoms with van der Waals surface area (Å²) in [6, 6.07) is 5.19. The largest absolute Gasteiger partial charge is 0.343 e. The van der Waals surface area contributed by atoms with Crippen molar-refractivity contribution >= 4 is 5.91 Å². The first kappa shape index (κ1) is 15.0. The first-order valence-corrected chi connectivity index (χ1v) is 7.32. The molecule has 0 aliphatic carbocycles. The van der Waals surface area contributed by atoms with E-state index < -0.39 is 0 Å². The molecule has 0 bridgehead atoms. The van der Waals surface area contributed by atoms with Gasteiger partial charge in [0, 0.05) is 32.1 Å². The minimum Gasteiger partial charge on any atom is -0.343 e. The number of halogens is 1. The predicted octanol–water partition coefficient (Wildman–Crippen LogP) is 2.62. The molecule has 1 fully saturated rings. The van der Waals surface area contributed by atoms with E-state index in [1.165, 1.54) is 6.07 Å². The van der Waals surface area contributed by atoms with Crippen molar-refractivity contribution in [2.24, 2.45) is 0 Å². The van der Waals surface area contributed by atoms with Crippen molar-refractivity contribution in [1.29, 1.82) is 0 Å². The van der Waals surface area contributed by atoms with Gasteiger partial charge in [0.25, 0.3) is 0 Å². The van der Waals surface area contributed by atoms with Gasteiger partial charge in [-0.05, 0) is 49.9 Å². The lowest BCUT2D eigenvalue weighted by molar-refractivity contribution is -0.127. The molecule has 0 spiro atoms. The Labute approximate surface area is 120 Å². The summed E-state index contributed by atoms with van der Waals surface area (Å²) in [5.41, 5.74) is 2.09. The maximum Gasteiger partial charge on any atom is 0.222 e. The number of nitrogens with zero attached hydrogens (tertiary/aromatic N) is 1. The van der Waals surface area contributed by atoms with E-state index in [0.29, 0.717) is 19.0 Å². The minimum absolute atomic E-state index is 0.192. The average Bonchev–Trinajstić information content (AvgIpc) is 2.83. The molecule has 1 unspecified atom stereocenters. The Hall–Kier alpha value is -1.42. The van der Waals surface area contributed by atoms with E-state index >= 15 is 0 Å². The molecule has 110 valence electrons. The van der Waals surface area contributed by atoms with Gasteiger partial charge in [0.05, 0.1) is 0 Å². The first-order chi connectivity index (χ1) is 9.56. The van der Waals surface area contributed by atoms with Crippen LogP contribution in [0.4, 0.5) is 4.39 Å². The van der Waals surface area contributed by atoms with Crippen molar-refractivity contribution in [3.63, 3.8) is 0 Å². The van der Waals surface area contributed by atoms with E-state index in [-0.39, 0.29) is 11.7 Å². The fourth-order valence-electron chi connectivity index (χ4n) is 2.51. The monoisotopic (exact) mass is 278 g/mol. The highest BCUT2D eigenvalue weighted by atomic mass is 19.1. The summed E-state index contributed by atoms with van der Waals surface area (Å²) >= 11 is 0. The van der Waals surface area contributed by atoms with Crippen LogP contribution in [0.2, 0.25) is 0 Å². The summed E-state index contributed by atoms with van der Waals surface area (Å²) in [5, 5.41) is 3.40. The lowest BCUT2D eigenvalue weighted by Crippen LogP contribution is -2.33. The van der Waals surface area contributed by atoms with Crippen molar-refractivity contribution in [2.75, 3.05) is 13.1 Å². The van der Waals surface area contributed by atoms with Gasteiger partial charge >= 0.3 is 0 Å². The third kappa shape index (κ3) is 4.04. The summed E-state index contributed by atoms with van der Waals surface area (Å²) in [5.74, 6) is 0.0842. The number of benzene rings is 1. The van der Waals surface area contributed by atoms with Gasteiger partial charge in [-0.2, -0.15) is 0 Å². The number of hydrogen-bond donors (Lipinski definition) is 1. The minimum atomic E-state index is -0.192. The molecule has 1 atom stereocenters. The quantitative estimate of drug-likeness (QED) is 0.867. The second-order valence-electron chi connectivity index (χ2n) is 5.63. The Balaban J connectivity index is 1.75. The molecule has 1 aromatic rings. The number of carbonyl (C=O) groups excluding carboxylic acids is 1. The van der Waals surface area contributed by atoms with Crippen LogP contribution >= 0.6 is 0 Å². The summed E-state index contributed by atoms with van der Waals surface area (Å²) in [7, 11) is 0. The van der Waals surface area contributed by atoms with Crippen LogP contribution in [0.1, 0.15) is 37.3 Å². The number of amides is 1. The zero-order chi connectivity index (χ0) is 14.5. The highest BCUT2D eigenvalue weighted by Crippen LogP contribution is 2.12. The number of carbonyl (C=O) groups is 1. The van der Waals surface area contributed by atoms with Crippen molar-refractivity contribution in [3.8, 4) is 0 Å². The van der Waals surface area contributed by atoms with Crippen LogP contribution in [0.15, 0.2) is 18.2 Å². The van der Waals surface area contributed by atoms with E-state index in [1.807, 2.05) is 11.8 Å². The van der Waals surface area contributed by atoms with E-state index in [4.69, 9.17) is 0 Å². The third-order valence-electron chi connectivity index (χ3n) is 3.96. The molecule has 20 heavy (non-hydrogen) atoms. The van der Waals surface area contributed by atoms with Crippen molar-refractivity contribution in [2.45, 2.75) is 45.7 Å². The van der Waals surface area contributed by atoms with Crippen LogP contribution in [-0.4, -0.2) is 29.9 Å². The van der Waals surface area contributed by atoms with Gasteiger partial charge in [-0.1, -0.05) is 6.07 Å². The summed E-state index contributed by atoms with van der Waals surface area (Å²) in [4.78, 5) is 13.4. The zero-order valence-corrected chi connectivity index (χ0v) is 12.3. The molecule has 1 saturated heterocycles. The topological polar surface area (TPSA) is 32.3 Å². The van der Waals surface area contributed by atoms with Crippen LogP contribution in [0, 0.1) is 12.7 Å². The van der Waals surface area contributed by atoms with Crippen LogP contribution in [0.5, 0.6) is 0 Å². The number of rotatable bonds is 6. The smallest absolute Gasteiger partial charge is 0.222 e. The van der Waals surface area contributed by atoms with Crippen LogP contribution in [0.3, 0.4) is 0 Å². The molecule has 4 heteroatoms.